The Hall–Kier alpha value is -1.52. The number of benzene rings is 1. The van der Waals surface area contributed by atoms with Crippen LogP contribution in [0.5, 0.6) is 5.88 Å². The minimum atomic E-state index is 0.0668. The quantitative estimate of drug-likeness (QED) is 0.921. The molecule has 4 nitrogen and oxygen atoms in total. The highest BCUT2D eigenvalue weighted by Crippen LogP contribution is 2.31. The molecular weight excluding hydrogens is 276 g/mol. The average molecular weight is 295 g/mol. The molecule has 0 unspecified atom stereocenters. The van der Waals surface area contributed by atoms with Crippen molar-refractivity contribution in [2.75, 3.05) is 13.7 Å². The van der Waals surface area contributed by atoms with Crippen molar-refractivity contribution < 1.29 is 9.84 Å². The van der Waals surface area contributed by atoms with E-state index in [1.807, 2.05) is 24.3 Å². The Labute approximate surface area is 123 Å². The zero-order chi connectivity index (χ0) is 14.7. The molecule has 2 rings (SSSR count). The number of aliphatic hydroxyl groups excluding tert-OH is 1. The second-order valence-corrected chi connectivity index (χ2v) is 5.33. The predicted molar refractivity (Wildman–Crippen MR) is 80.0 cm³/mol. The summed E-state index contributed by atoms with van der Waals surface area (Å²) in [5.74, 6) is 0.913. The van der Waals surface area contributed by atoms with Gasteiger partial charge in [-0.3, -0.25) is 0 Å². The van der Waals surface area contributed by atoms with Gasteiger partial charge < -0.3 is 9.84 Å². The summed E-state index contributed by atoms with van der Waals surface area (Å²) in [6.07, 6.45) is 0.525. The fraction of sp³-hybridized carbons (Fsp3) is 0.400. The number of aliphatic hydroxyl groups is 1. The third kappa shape index (κ3) is 2.81. The van der Waals surface area contributed by atoms with E-state index in [0.29, 0.717) is 17.3 Å². The van der Waals surface area contributed by atoms with Crippen LogP contribution in [0.1, 0.15) is 31.0 Å². The molecule has 0 atom stereocenters. The summed E-state index contributed by atoms with van der Waals surface area (Å²) in [6.45, 7) is 4.22. The molecule has 0 aliphatic heterocycles. The summed E-state index contributed by atoms with van der Waals surface area (Å²) in [6, 6.07) is 7.46. The minimum Gasteiger partial charge on any atom is -0.481 e. The van der Waals surface area contributed by atoms with Crippen molar-refractivity contribution in [3.8, 4) is 11.6 Å². The Morgan fingerprint density at radius 2 is 2.15 bits per heavy atom. The highest BCUT2D eigenvalue weighted by molar-refractivity contribution is 6.30. The van der Waals surface area contributed by atoms with Crippen LogP contribution in [0.2, 0.25) is 5.02 Å². The van der Waals surface area contributed by atoms with E-state index >= 15 is 0 Å². The molecule has 5 heteroatoms. The van der Waals surface area contributed by atoms with Crippen molar-refractivity contribution in [2.24, 2.45) is 0 Å². The molecule has 1 aromatic heterocycles. The highest BCUT2D eigenvalue weighted by atomic mass is 35.5. The standard InChI is InChI=1S/C15H19ClN2O2/c1-10(2)14-13(7-8-19)15(20-3)18(17-14)12-6-4-5-11(16)9-12/h4-6,9-10,19H,7-8H2,1-3H3. The van der Waals surface area contributed by atoms with Crippen LogP contribution in [-0.2, 0) is 6.42 Å². The lowest BCUT2D eigenvalue weighted by Crippen LogP contribution is -2.01. The molecule has 1 heterocycles. The Morgan fingerprint density at radius 3 is 2.70 bits per heavy atom. The molecule has 0 bridgehead atoms. The van der Waals surface area contributed by atoms with E-state index in [1.54, 1.807) is 11.8 Å². The van der Waals surface area contributed by atoms with Crippen LogP contribution in [0.4, 0.5) is 0 Å². The number of nitrogens with zero attached hydrogens (tertiary/aromatic N) is 2. The molecule has 20 heavy (non-hydrogen) atoms. The van der Waals surface area contributed by atoms with Crippen LogP contribution < -0.4 is 4.74 Å². The number of methoxy groups -OCH3 is 1. The van der Waals surface area contributed by atoms with Gasteiger partial charge in [0.2, 0.25) is 5.88 Å². The van der Waals surface area contributed by atoms with Crippen LogP contribution in [-0.4, -0.2) is 28.6 Å². The molecule has 1 aromatic carbocycles. The van der Waals surface area contributed by atoms with Gasteiger partial charge in [0.25, 0.3) is 0 Å². The normalized spacial score (nSPS) is 11.1. The molecule has 0 saturated carbocycles. The first-order valence-electron chi connectivity index (χ1n) is 6.61. The fourth-order valence-corrected chi connectivity index (χ4v) is 2.44. The maximum absolute atomic E-state index is 9.26. The monoisotopic (exact) mass is 294 g/mol. The van der Waals surface area contributed by atoms with Gasteiger partial charge in [0.05, 0.1) is 18.5 Å². The lowest BCUT2D eigenvalue weighted by Gasteiger charge is -2.08. The van der Waals surface area contributed by atoms with Crippen LogP contribution in [0.15, 0.2) is 24.3 Å². The van der Waals surface area contributed by atoms with Gasteiger partial charge in [-0.05, 0) is 24.1 Å². The molecule has 0 spiro atoms. The van der Waals surface area contributed by atoms with Crippen molar-refractivity contribution in [2.45, 2.75) is 26.2 Å². The van der Waals surface area contributed by atoms with Gasteiger partial charge in [-0.1, -0.05) is 31.5 Å². The minimum absolute atomic E-state index is 0.0668. The zero-order valence-electron chi connectivity index (χ0n) is 11.9. The van der Waals surface area contributed by atoms with E-state index in [1.165, 1.54) is 0 Å². The van der Waals surface area contributed by atoms with Crippen molar-refractivity contribution in [3.63, 3.8) is 0 Å². The fourth-order valence-electron chi connectivity index (χ4n) is 2.25. The molecule has 1 N–H and O–H groups in total. The number of halogens is 1. The molecule has 0 radical (unpaired) electrons. The number of hydrogen-bond donors (Lipinski definition) is 1. The summed E-state index contributed by atoms with van der Waals surface area (Å²) >= 11 is 6.04. The van der Waals surface area contributed by atoms with E-state index < -0.39 is 0 Å². The van der Waals surface area contributed by atoms with E-state index in [4.69, 9.17) is 16.3 Å². The Kier molecular flexibility index (Phi) is 4.68. The van der Waals surface area contributed by atoms with Crippen LogP contribution >= 0.6 is 11.6 Å². The van der Waals surface area contributed by atoms with Crippen molar-refractivity contribution in [1.82, 2.24) is 9.78 Å². The van der Waals surface area contributed by atoms with E-state index in [2.05, 4.69) is 18.9 Å². The van der Waals surface area contributed by atoms with Crippen LogP contribution in [0.3, 0.4) is 0 Å². The largest absolute Gasteiger partial charge is 0.481 e. The molecule has 0 saturated heterocycles. The van der Waals surface area contributed by atoms with Gasteiger partial charge >= 0.3 is 0 Å². The topological polar surface area (TPSA) is 47.3 Å². The SMILES string of the molecule is COc1c(CCO)c(C(C)C)nn1-c1cccc(Cl)c1. The summed E-state index contributed by atoms with van der Waals surface area (Å²) in [5, 5.41) is 14.5. The summed E-state index contributed by atoms with van der Waals surface area (Å²) < 4.78 is 7.24. The highest BCUT2D eigenvalue weighted by Gasteiger charge is 2.21. The van der Waals surface area contributed by atoms with Gasteiger partial charge in [-0.15, -0.1) is 0 Å². The van der Waals surface area contributed by atoms with Crippen LogP contribution in [0.25, 0.3) is 5.69 Å². The summed E-state index contributed by atoms with van der Waals surface area (Å²) in [7, 11) is 1.61. The maximum atomic E-state index is 9.26. The Balaban J connectivity index is 2.61. The van der Waals surface area contributed by atoms with Gasteiger partial charge in [-0.2, -0.15) is 5.10 Å². The first kappa shape index (κ1) is 14.9. The number of ether oxygens (including phenoxy) is 1. The molecule has 0 fully saturated rings. The van der Waals surface area contributed by atoms with Gasteiger partial charge in [-0.25, -0.2) is 4.68 Å². The maximum Gasteiger partial charge on any atom is 0.220 e. The van der Waals surface area contributed by atoms with Crippen molar-refractivity contribution in [1.29, 1.82) is 0 Å². The lowest BCUT2D eigenvalue weighted by atomic mass is 10.0. The van der Waals surface area contributed by atoms with Crippen molar-refractivity contribution >= 4 is 11.6 Å². The van der Waals surface area contributed by atoms with Gasteiger partial charge in [0, 0.05) is 23.6 Å². The van der Waals surface area contributed by atoms with E-state index in [0.717, 1.165) is 16.9 Å². The third-order valence-electron chi connectivity index (χ3n) is 3.12. The number of hydrogen-bond acceptors (Lipinski definition) is 3. The van der Waals surface area contributed by atoms with E-state index in [-0.39, 0.29) is 12.5 Å². The first-order chi connectivity index (χ1) is 9.58. The second kappa shape index (κ2) is 6.29. The smallest absolute Gasteiger partial charge is 0.220 e. The van der Waals surface area contributed by atoms with Gasteiger partial charge in [0.15, 0.2) is 0 Å². The lowest BCUT2D eigenvalue weighted by molar-refractivity contribution is 0.295. The Morgan fingerprint density at radius 1 is 1.40 bits per heavy atom. The molecule has 2 aromatic rings. The molecule has 108 valence electrons. The zero-order valence-corrected chi connectivity index (χ0v) is 12.7. The first-order valence-corrected chi connectivity index (χ1v) is 6.98. The summed E-state index contributed by atoms with van der Waals surface area (Å²) in [5.41, 5.74) is 2.74. The average Bonchev–Trinajstić information content (AvgIpc) is 2.78. The molecular formula is C15H19ClN2O2. The number of aromatic nitrogens is 2. The summed E-state index contributed by atoms with van der Waals surface area (Å²) in [4.78, 5) is 0. The predicted octanol–water partition coefficient (Wildman–Crippen LogP) is 3.19. The second-order valence-electron chi connectivity index (χ2n) is 4.89. The van der Waals surface area contributed by atoms with Crippen molar-refractivity contribution in [3.05, 3.63) is 40.5 Å². The molecule has 0 aliphatic rings. The number of rotatable bonds is 5. The van der Waals surface area contributed by atoms with Gasteiger partial charge in [0.1, 0.15) is 0 Å². The Bertz CT molecular complexity index is 594. The molecule has 0 amide bonds. The molecule has 0 aliphatic carbocycles. The van der Waals surface area contributed by atoms with Crippen LogP contribution in [0, 0.1) is 0 Å². The third-order valence-corrected chi connectivity index (χ3v) is 3.36. The van der Waals surface area contributed by atoms with E-state index in [9.17, 15) is 5.11 Å².